The Morgan fingerprint density at radius 3 is 2.64 bits per heavy atom. The van der Waals surface area contributed by atoms with Gasteiger partial charge in [-0.1, -0.05) is 36.2 Å². The highest BCUT2D eigenvalue weighted by Crippen LogP contribution is 2.44. The predicted molar refractivity (Wildman–Crippen MR) is 94.6 cm³/mol. The van der Waals surface area contributed by atoms with Gasteiger partial charge in [-0.2, -0.15) is 0 Å². The molecular formula is C17H16Cl2N2S. The predicted octanol–water partition coefficient (Wildman–Crippen LogP) is 4.97. The van der Waals surface area contributed by atoms with Crippen molar-refractivity contribution in [3.8, 4) is 0 Å². The minimum Gasteiger partial charge on any atom is -0.364 e. The van der Waals surface area contributed by atoms with Crippen LogP contribution in [-0.2, 0) is 0 Å². The molecule has 0 saturated heterocycles. The van der Waals surface area contributed by atoms with Crippen LogP contribution in [0.5, 0.6) is 0 Å². The van der Waals surface area contributed by atoms with E-state index in [0.29, 0.717) is 34.0 Å². The Bertz CT molecular complexity index is 706. The van der Waals surface area contributed by atoms with E-state index in [1.165, 1.54) is 10.4 Å². The topological polar surface area (TPSA) is 24.4 Å². The molecule has 1 aromatic heterocycles. The van der Waals surface area contributed by atoms with Crippen molar-refractivity contribution >= 4 is 40.4 Å². The molecule has 114 valence electrons. The van der Waals surface area contributed by atoms with Crippen LogP contribution in [0.3, 0.4) is 0 Å². The van der Waals surface area contributed by atoms with Crippen molar-refractivity contribution in [1.29, 1.82) is 0 Å². The van der Waals surface area contributed by atoms with Crippen LogP contribution in [0.2, 0.25) is 10.0 Å². The molecule has 4 rings (SSSR count). The summed E-state index contributed by atoms with van der Waals surface area (Å²) in [7, 11) is 0. The van der Waals surface area contributed by atoms with Crippen molar-refractivity contribution in [3.63, 3.8) is 0 Å². The normalized spacial score (nSPS) is 30.0. The smallest absolute Gasteiger partial charge is 0.139 e. The van der Waals surface area contributed by atoms with E-state index in [4.69, 9.17) is 28.2 Å². The number of benzene rings is 1. The Hall–Kier alpha value is -1.03. The number of nitrogens with one attached hydrogen (secondary N) is 1. The van der Waals surface area contributed by atoms with Gasteiger partial charge in [-0.3, -0.25) is 4.99 Å². The van der Waals surface area contributed by atoms with Crippen molar-refractivity contribution in [3.05, 3.63) is 56.2 Å². The van der Waals surface area contributed by atoms with Crippen LogP contribution in [0.15, 0.2) is 40.7 Å². The average Bonchev–Trinajstić information content (AvgIpc) is 3.15. The van der Waals surface area contributed by atoms with Gasteiger partial charge in [-0.05, 0) is 53.5 Å². The number of aliphatic imine (C=N–C) groups is 1. The second-order valence-corrected chi connectivity index (χ2v) is 7.92. The number of fused-ring (bicyclic) bond motifs is 1. The maximum absolute atomic E-state index is 6.16. The van der Waals surface area contributed by atoms with Gasteiger partial charge < -0.3 is 5.32 Å². The first kappa shape index (κ1) is 14.6. The zero-order valence-electron chi connectivity index (χ0n) is 12.1. The summed E-state index contributed by atoms with van der Waals surface area (Å²) in [6.45, 7) is 2.28. The fourth-order valence-electron chi connectivity index (χ4n) is 3.72. The summed E-state index contributed by atoms with van der Waals surface area (Å²) in [4.78, 5) is 6.17. The minimum absolute atomic E-state index is 0.333. The molecule has 0 radical (unpaired) electrons. The maximum atomic E-state index is 6.16. The molecule has 1 aromatic carbocycles. The summed E-state index contributed by atoms with van der Waals surface area (Å²) in [6, 6.07) is 10.8. The van der Waals surface area contributed by atoms with Gasteiger partial charge in [0.1, 0.15) is 5.84 Å². The first-order valence-corrected chi connectivity index (χ1v) is 9.09. The fourth-order valence-corrected chi connectivity index (χ4v) is 4.95. The van der Waals surface area contributed by atoms with Gasteiger partial charge in [0.25, 0.3) is 0 Å². The highest BCUT2D eigenvalue weighted by Gasteiger charge is 2.45. The molecule has 2 heterocycles. The second-order valence-electron chi connectivity index (χ2n) is 6.10. The molecule has 2 unspecified atom stereocenters. The summed E-state index contributed by atoms with van der Waals surface area (Å²) in [5.41, 5.74) is 1.23. The van der Waals surface area contributed by atoms with Crippen LogP contribution in [0.25, 0.3) is 0 Å². The van der Waals surface area contributed by atoms with Crippen LogP contribution in [0.4, 0.5) is 0 Å². The van der Waals surface area contributed by atoms with Crippen molar-refractivity contribution in [2.45, 2.75) is 31.3 Å². The first-order valence-electron chi connectivity index (χ1n) is 7.46. The number of thiophene rings is 1. The van der Waals surface area contributed by atoms with E-state index in [9.17, 15) is 0 Å². The minimum atomic E-state index is 0.333. The van der Waals surface area contributed by atoms with Crippen LogP contribution in [0, 0.1) is 5.92 Å². The van der Waals surface area contributed by atoms with Gasteiger partial charge in [-0.25, -0.2) is 0 Å². The van der Waals surface area contributed by atoms with Crippen LogP contribution in [-0.4, -0.2) is 17.9 Å². The molecule has 1 aliphatic heterocycles. The Balaban J connectivity index is 1.61. The molecule has 2 aromatic rings. The molecule has 5 heteroatoms. The molecule has 0 bridgehead atoms. The lowest BCUT2D eigenvalue weighted by molar-refractivity contribution is 0.476. The number of hydrogen-bond donors (Lipinski definition) is 1. The van der Waals surface area contributed by atoms with E-state index in [1.807, 2.05) is 12.1 Å². The summed E-state index contributed by atoms with van der Waals surface area (Å²) in [6.07, 6.45) is 1.07. The molecule has 2 aliphatic rings. The maximum Gasteiger partial charge on any atom is 0.139 e. The quantitative estimate of drug-likeness (QED) is 0.812. The van der Waals surface area contributed by atoms with Crippen molar-refractivity contribution < 1.29 is 0 Å². The van der Waals surface area contributed by atoms with Crippen LogP contribution >= 0.6 is 34.5 Å². The van der Waals surface area contributed by atoms with E-state index in [-0.39, 0.29) is 0 Å². The first-order chi connectivity index (χ1) is 10.6. The number of halogens is 2. The third-order valence-corrected chi connectivity index (χ3v) is 6.07. The standard InChI is InChI=1S/C17H16Cl2N2S/c1-9-13(10-5-11(18)7-12(19)6-10)8-14-16(9)21-17(20-14)15-3-2-4-22-15/h2-7,9,13-14,16H,8H2,1H3,(H,20,21)/t9-,13-,14?,16?/m0/s1. The molecule has 22 heavy (non-hydrogen) atoms. The van der Waals surface area contributed by atoms with E-state index in [2.05, 4.69) is 29.8 Å². The molecule has 1 N–H and O–H groups in total. The Kier molecular flexibility index (Phi) is 3.67. The van der Waals surface area contributed by atoms with Gasteiger partial charge in [0, 0.05) is 10.0 Å². The molecular weight excluding hydrogens is 335 g/mol. The van der Waals surface area contributed by atoms with Crippen LogP contribution < -0.4 is 5.32 Å². The van der Waals surface area contributed by atoms with Gasteiger partial charge in [0.2, 0.25) is 0 Å². The molecule has 0 spiro atoms. The lowest BCUT2D eigenvalue weighted by Crippen LogP contribution is -2.31. The molecule has 1 aliphatic carbocycles. The lowest BCUT2D eigenvalue weighted by atomic mass is 9.89. The largest absolute Gasteiger partial charge is 0.364 e. The fraction of sp³-hybridized carbons (Fsp3) is 0.353. The number of amidine groups is 1. The molecule has 0 amide bonds. The zero-order chi connectivity index (χ0) is 15.3. The van der Waals surface area contributed by atoms with E-state index < -0.39 is 0 Å². The summed E-state index contributed by atoms with van der Waals surface area (Å²) >= 11 is 14.1. The molecule has 4 atom stereocenters. The lowest BCUT2D eigenvalue weighted by Gasteiger charge is -2.18. The molecule has 1 fully saturated rings. The third kappa shape index (κ3) is 2.45. The number of nitrogens with zero attached hydrogens (tertiary/aromatic N) is 1. The SMILES string of the molecule is C[C@@H]1C2N=C(c3cccs3)NC2C[C@@H]1c1cc(Cl)cc(Cl)c1. The van der Waals surface area contributed by atoms with Crippen molar-refractivity contribution in [1.82, 2.24) is 5.32 Å². The van der Waals surface area contributed by atoms with E-state index in [0.717, 1.165) is 12.3 Å². The number of rotatable bonds is 2. The van der Waals surface area contributed by atoms with E-state index in [1.54, 1.807) is 17.4 Å². The highest BCUT2D eigenvalue weighted by molar-refractivity contribution is 7.12. The van der Waals surface area contributed by atoms with Gasteiger partial charge in [0.05, 0.1) is 17.0 Å². The van der Waals surface area contributed by atoms with Gasteiger partial charge in [0.15, 0.2) is 0 Å². The number of hydrogen-bond acceptors (Lipinski definition) is 3. The van der Waals surface area contributed by atoms with E-state index >= 15 is 0 Å². The summed E-state index contributed by atoms with van der Waals surface area (Å²) in [5, 5.41) is 7.12. The van der Waals surface area contributed by atoms with Crippen molar-refractivity contribution in [2.24, 2.45) is 10.9 Å². The second kappa shape index (κ2) is 5.55. The van der Waals surface area contributed by atoms with Crippen molar-refractivity contribution in [2.75, 3.05) is 0 Å². The molecule has 2 nitrogen and oxygen atoms in total. The Morgan fingerprint density at radius 1 is 1.23 bits per heavy atom. The summed E-state index contributed by atoms with van der Waals surface area (Å²) < 4.78 is 0. The Morgan fingerprint density at radius 2 is 2.00 bits per heavy atom. The average molecular weight is 351 g/mol. The van der Waals surface area contributed by atoms with Gasteiger partial charge >= 0.3 is 0 Å². The summed E-state index contributed by atoms with van der Waals surface area (Å²) in [5.74, 6) is 1.98. The van der Waals surface area contributed by atoms with Crippen LogP contribution in [0.1, 0.15) is 29.7 Å². The molecule has 1 saturated carbocycles. The highest BCUT2D eigenvalue weighted by atomic mass is 35.5. The third-order valence-electron chi connectivity index (χ3n) is 4.76. The monoisotopic (exact) mass is 350 g/mol. The van der Waals surface area contributed by atoms with Gasteiger partial charge in [-0.15, -0.1) is 11.3 Å². The Labute approximate surface area is 144 Å². The zero-order valence-corrected chi connectivity index (χ0v) is 14.4.